The number of piperazine rings is 1. The fourth-order valence-corrected chi connectivity index (χ4v) is 3.55. The van der Waals surface area contributed by atoms with E-state index in [1.165, 1.54) is 0 Å². The summed E-state index contributed by atoms with van der Waals surface area (Å²) in [6.07, 6.45) is 2.43. The Kier molecular flexibility index (Phi) is 8.15. The number of rotatable bonds is 8. The van der Waals surface area contributed by atoms with E-state index < -0.39 is 0 Å². The number of nitrogens with zero attached hydrogens (tertiary/aromatic N) is 2. The highest BCUT2D eigenvalue weighted by Gasteiger charge is 2.21. The van der Waals surface area contributed by atoms with Crippen LogP contribution in [0.25, 0.3) is 0 Å². The molecule has 0 spiro atoms. The summed E-state index contributed by atoms with van der Waals surface area (Å²) in [5, 5.41) is 5.70. The lowest BCUT2D eigenvalue weighted by Gasteiger charge is -2.36. The summed E-state index contributed by atoms with van der Waals surface area (Å²) in [6, 6.07) is 15.3. The van der Waals surface area contributed by atoms with Gasteiger partial charge in [-0.1, -0.05) is 25.5 Å². The van der Waals surface area contributed by atoms with Gasteiger partial charge in [-0.3, -0.25) is 4.79 Å². The first-order valence-electron chi connectivity index (χ1n) is 10.9. The molecule has 0 saturated carbocycles. The highest BCUT2D eigenvalue weighted by atomic mass is 16.5. The van der Waals surface area contributed by atoms with Crippen molar-refractivity contribution in [1.29, 1.82) is 0 Å². The van der Waals surface area contributed by atoms with Gasteiger partial charge >= 0.3 is 6.03 Å². The number of carbonyl (C=O) groups excluding carboxylic acids is 2. The molecule has 0 aliphatic carbocycles. The number of hydrogen-bond donors (Lipinski definition) is 2. The van der Waals surface area contributed by atoms with E-state index in [4.69, 9.17) is 4.74 Å². The molecule has 1 aliphatic heterocycles. The standard InChI is InChI=1S/C24H32N4O3/c1-3-4-13-25-24(30)26-20-7-9-21(10-8-20)27-14-16-28(17-15-27)23(29)18-19-5-11-22(31-2)12-6-19/h5-12H,3-4,13-18H2,1-2H3,(H2,25,26,30). The fourth-order valence-electron chi connectivity index (χ4n) is 3.55. The van der Waals surface area contributed by atoms with Crippen molar-refractivity contribution in [3.63, 3.8) is 0 Å². The summed E-state index contributed by atoms with van der Waals surface area (Å²) >= 11 is 0. The van der Waals surface area contributed by atoms with E-state index in [2.05, 4.69) is 22.5 Å². The maximum Gasteiger partial charge on any atom is 0.319 e. The van der Waals surface area contributed by atoms with Gasteiger partial charge < -0.3 is 25.2 Å². The van der Waals surface area contributed by atoms with E-state index >= 15 is 0 Å². The molecule has 166 valence electrons. The second kappa shape index (κ2) is 11.2. The van der Waals surface area contributed by atoms with E-state index in [9.17, 15) is 9.59 Å². The molecular formula is C24H32N4O3. The third-order valence-electron chi connectivity index (χ3n) is 5.45. The second-order valence-electron chi connectivity index (χ2n) is 7.67. The topological polar surface area (TPSA) is 73.9 Å². The molecule has 1 aliphatic rings. The van der Waals surface area contributed by atoms with Crippen molar-refractivity contribution in [1.82, 2.24) is 10.2 Å². The summed E-state index contributed by atoms with van der Waals surface area (Å²) in [5.74, 6) is 0.946. The number of nitrogens with one attached hydrogen (secondary N) is 2. The van der Waals surface area contributed by atoms with E-state index in [0.29, 0.717) is 26.1 Å². The van der Waals surface area contributed by atoms with Crippen LogP contribution in [0.2, 0.25) is 0 Å². The van der Waals surface area contributed by atoms with Gasteiger partial charge in [-0.15, -0.1) is 0 Å². The Bertz CT molecular complexity index is 844. The largest absolute Gasteiger partial charge is 0.497 e. The third-order valence-corrected chi connectivity index (χ3v) is 5.45. The average molecular weight is 425 g/mol. The average Bonchev–Trinajstić information content (AvgIpc) is 2.80. The molecule has 31 heavy (non-hydrogen) atoms. The molecule has 0 unspecified atom stereocenters. The number of benzene rings is 2. The molecule has 1 fully saturated rings. The first-order chi connectivity index (χ1) is 15.1. The predicted molar refractivity (Wildman–Crippen MR) is 124 cm³/mol. The van der Waals surface area contributed by atoms with Crippen molar-refractivity contribution >= 4 is 23.3 Å². The maximum absolute atomic E-state index is 12.6. The van der Waals surface area contributed by atoms with Crippen LogP contribution in [0.15, 0.2) is 48.5 Å². The van der Waals surface area contributed by atoms with Crippen molar-refractivity contribution in [2.45, 2.75) is 26.2 Å². The van der Waals surface area contributed by atoms with Crippen LogP contribution in [-0.4, -0.2) is 56.7 Å². The first kappa shape index (κ1) is 22.5. The van der Waals surface area contributed by atoms with Crippen LogP contribution in [0.5, 0.6) is 5.75 Å². The van der Waals surface area contributed by atoms with Crippen LogP contribution in [0, 0.1) is 0 Å². The zero-order chi connectivity index (χ0) is 22.1. The lowest BCUT2D eigenvalue weighted by atomic mass is 10.1. The SMILES string of the molecule is CCCCNC(=O)Nc1ccc(N2CCN(C(=O)Cc3ccc(OC)cc3)CC2)cc1. The summed E-state index contributed by atoms with van der Waals surface area (Å²) in [5.41, 5.74) is 2.86. The molecule has 7 heteroatoms. The number of ether oxygens (including phenoxy) is 1. The first-order valence-corrected chi connectivity index (χ1v) is 10.9. The van der Waals surface area contributed by atoms with Crippen LogP contribution in [-0.2, 0) is 11.2 Å². The van der Waals surface area contributed by atoms with Gasteiger partial charge in [0, 0.05) is 44.1 Å². The van der Waals surface area contributed by atoms with Crippen LogP contribution in [0.3, 0.4) is 0 Å². The molecule has 2 N–H and O–H groups in total. The lowest BCUT2D eigenvalue weighted by Crippen LogP contribution is -2.49. The Hall–Kier alpha value is -3.22. The van der Waals surface area contributed by atoms with Crippen molar-refractivity contribution in [3.8, 4) is 5.75 Å². The summed E-state index contributed by atoms with van der Waals surface area (Å²) in [4.78, 5) is 28.7. The van der Waals surface area contributed by atoms with Crippen molar-refractivity contribution in [3.05, 3.63) is 54.1 Å². The zero-order valence-corrected chi connectivity index (χ0v) is 18.4. The Morgan fingerprint density at radius 1 is 0.968 bits per heavy atom. The number of hydrogen-bond acceptors (Lipinski definition) is 4. The van der Waals surface area contributed by atoms with Gasteiger partial charge in [-0.05, 0) is 48.4 Å². The minimum Gasteiger partial charge on any atom is -0.497 e. The van der Waals surface area contributed by atoms with E-state index in [1.807, 2.05) is 53.4 Å². The van der Waals surface area contributed by atoms with E-state index in [1.54, 1.807) is 7.11 Å². The van der Waals surface area contributed by atoms with Gasteiger partial charge in [0.05, 0.1) is 13.5 Å². The zero-order valence-electron chi connectivity index (χ0n) is 18.4. The molecule has 1 saturated heterocycles. The van der Waals surface area contributed by atoms with Crippen LogP contribution < -0.4 is 20.3 Å². The number of carbonyl (C=O) groups is 2. The molecule has 1 heterocycles. The van der Waals surface area contributed by atoms with Crippen LogP contribution in [0.4, 0.5) is 16.2 Å². The molecule has 3 rings (SSSR count). The Balaban J connectivity index is 1.45. The van der Waals surface area contributed by atoms with E-state index in [-0.39, 0.29) is 11.9 Å². The monoisotopic (exact) mass is 424 g/mol. The molecule has 0 aromatic heterocycles. The van der Waals surface area contributed by atoms with Crippen LogP contribution >= 0.6 is 0 Å². The smallest absolute Gasteiger partial charge is 0.319 e. The molecule has 0 radical (unpaired) electrons. The Morgan fingerprint density at radius 3 is 2.26 bits per heavy atom. The molecule has 0 bridgehead atoms. The normalized spacial score (nSPS) is 13.6. The number of unbranched alkanes of at least 4 members (excludes halogenated alkanes) is 1. The second-order valence-corrected chi connectivity index (χ2v) is 7.67. The third kappa shape index (κ3) is 6.64. The molecule has 7 nitrogen and oxygen atoms in total. The Morgan fingerprint density at radius 2 is 1.65 bits per heavy atom. The number of urea groups is 1. The molecule has 3 amide bonds. The summed E-state index contributed by atoms with van der Waals surface area (Å²) < 4.78 is 5.17. The highest BCUT2D eigenvalue weighted by molar-refractivity contribution is 5.89. The van der Waals surface area contributed by atoms with Gasteiger partial charge in [0.25, 0.3) is 0 Å². The Labute approximate surface area is 184 Å². The highest BCUT2D eigenvalue weighted by Crippen LogP contribution is 2.20. The molecule has 0 atom stereocenters. The summed E-state index contributed by atoms with van der Waals surface area (Å²) in [7, 11) is 1.63. The van der Waals surface area contributed by atoms with Gasteiger partial charge in [0.15, 0.2) is 0 Å². The van der Waals surface area contributed by atoms with Crippen molar-refractivity contribution in [2.24, 2.45) is 0 Å². The fraction of sp³-hybridized carbons (Fsp3) is 0.417. The quantitative estimate of drug-likeness (QED) is 0.636. The minimum absolute atomic E-state index is 0.151. The molecule has 2 aromatic rings. The van der Waals surface area contributed by atoms with Crippen LogP contribution in [0.1, 0.15) is 25.3 Å². The van der Waals surface area contributed by atoms with Gasteiger partial charge in [-0.25, -0.2) is 4.79 Å². The summed E-state index contributed by atoms with van der Waals surface area (Å²) in [6.45, 7) is 5.76. The predicted octanol–water partition coefficient (Wildman–Crippen LogP) is 3.51. The maximum atomic E-state index is 12.6. The number of anilines is 2. The van der Waals surface area contributed by atoms with Gasteiger partial charge in [0.2, 0.25) is 5.91 Å². The van der Waals surface area contributed by atoms with Gasteiger partial charge in [0.1, 0.15) is 5.75 Å². The van der Waals surface area contributed by atoms with Crippen molar-refractivity contribution in [2.75, 3.05) is 50.1 Å². The van der Waals surface area contributed by atoms with E-state index in [0.717, 1.165) is 48.6 Å². The lowest BCUT2D eigenvalue weighted by molar-refractivity contribution is -0.130. The van der Waals surface area contributed by atoms with Crippen molar-refractivity contribution < 1.29 is 14.3 Å². The molecular weight excluding hydrogens is 392 g/mol. The molecule has 2 aromatic carbocycles. The number of amides is 3. The minimum atomic E-state index is -0.176. The van der Waals surface area contributed by atoms with Gasteiger partial charge in [-0.2, -0.15) is 0 Å². The number of methoxy groups -OCH3 is 1.